The van der Waals surface area contributed by atoms with Crippen molar-refractivity contribution in [1.29, 1.82) is 0 Å². The molecule has 1 aromatic carbocycles. The number of para-hydroxylation sites is 2. The number of hydrogen-bond donors (Lipinski definition) is 0. The van der Waals surface area contributed by atoms with E-state index in [0.29, 0.717) is 6.61 Å². The van der Waals surface area contributed by atoms with E-state index in [4.69, 9.17) is 9.47 Å². The Kier molecular flexibility index (Phi) is 3.45. The Morgan fingerprint density at radius 2 is 2.00 bits per heavy atom. The summed E-state index contributed by atoms with van der Waals surface area (Å²) in [6.07, 6.45) is 0. The predicted molar refractivity (Wildman–Crippen MR) is 60.3 cm³/mol. The highest BCUT2D eigenvalue weighted by Crippen LogP contribution is 2.28. The van der Waals surface area contributed by atoms with Crippen LogP contribution in [0.15, 0.2) is 24.3 Å². The van der Waals surface area contributed by atoms with E-state index >= 15 is 0 Å². The smallest absolute Gasteiger partial charge is 0.142 e. The molecule has 0 amide bonds. The summed E-state index contributed by atoms with van der Waals surface area (Å²) in [6, 6.07) is 8.07. The third kappa shape index (κ3) is 2.42. The number of rotatable bonds is 3. The number of anilines is 1. The molecule has 1 fully saturated rings. The maximum Gasteiger partial charge on any atom is 0.142 e. The Bertz CT molecular complexity index is 308. The quantitative estimate of drug-likeness (QED) is 0.752. The zero-order valence-corrected chi connectivity index (χ0v) is 8.82. The lowest BCUT2D eigenvalue weighted by Crippen LogP contribution is -2.36. The van der Waals surface area contributed by atoms with Crippen LogP contribution in [0.5, 0.6) is 5.75 Å². The van der Waals surface area contributed by atoms with E-state index in [1.165, 1.54) is 0 Å². The first-order valence-corrected chi connectivity index (χ1v) is 5.25. The monoisotopic (exact) mass is 206 g/mol. The predicted octanol–water partition coefficient (Wildman–Crippen LogP) is 1.74. The molecule has 1 aliphatic rings. The van der Waals surface area contributed by atoms with Gasteiger partial charge in [-0.3, -0.25) is 0 Å². The van der Waals surface area contributed by atoms with Crippen LogP contribution in [0.1, 0.15) is 0 Å². The highest BCUT2D eigenvalue weighted by molar-refractivity contribution is 5.58. The molecule has 0 unspecified atom stereocenters. The van der Waals surface area contributed by atoms with Gasteiger partial charge < -0.3 is 14.4 Å². The molecule has 0 spiro atoms. The Balaban J connectivity index is 2.17. The van der Waals surface area contributed by atoms with E-state index in [-0.39, 0.29) is 0 Å². The number of morpholine rings is 1. The van der Waals surface area contributed by atoms with Crippen molar-refractivity contribution in [3.63, 3.8) is 0 Å². The molecule has 0 aliphatic carbocycles. The summed E-state index contributed by atoms with van der Waals surface area (Å²) in [4.78, 5) is 2.29. The van der Waals surface area contributed by atoms with Crippen LogP contribution in [0.25, 0.3) is 0 Å². The van der Waals surface area contributed by atoms with E-state index in [1.54, 1.807) is 0 Å². The SMILES string of the molecule is [CH2]COc1ccccc1N1CCOCC1. The van der Waals surface area contributed by atoms with Crippen molar-refractivity contribution in [2.24, 2.45) is 0 Å². The molecular weight excluding hydrogens is 190 g/mol. The summed E-state index contributed by atoms with van der Waals surface area (Å²) in [7, 11) is 0. The lowest BCUT2D eigenvalue weighted by Gasteiger charge is -2.30. The van der Waals surface area contributed by atoms with Gasteiger partial charge >= 0.3 is 0 Å². The van der Waals surface area contributed by atoms with Gasteiger partial charge in [0.2, 0.25) is 0 Å². The van der Waals surface area contributed by atoms with Crippen molar-refractivity contribution >= 4 is 5.69 Å². The Morgan fingerprint density at radius 3 is 2.73 bits per heavy atom. The second kappa shape index (κ2) is 5.03. The molecule has 3 heteroatoms. The first kappa shape index (κ1) is 10.3. The Hall–Kier alpha value is -1.22. The van der Waals surface area contributed by atoms with E-state index in [0.717, 1.165) is 37.7 Å². The van der Waals surface area contributed by atoms with Gasteiger partial charge in [-0.05, 0) is 19.1 Å². The van der Waals surface area contributed by atoms with Gasteiger partial charge in [0.1, 0.15) is 5.75 Å². The molecular formula is C12H16NO2. The average molecular weight is 206 g/mol. The van der Waals surface area contributed by atoms with Crippen LogP contribution in [0.2, 0.25) is 0 Å². The first-order chi connectivity index (χ1) is 7.42. The Labute approximate surface area is 90.6 Å². The highest BCUT2D eigenvalue weighted by atomic mass is 16.5. The van der Waals surface area contributed by atoms with Gasteiger partial charge in [-0.2, -0.15) is 0 Å². The van der Waals surface area contributed by atoms with Crippen molar-refractivity contribution < 1.29 is 9.47 Å². The first-order valence-electron chi connectivity index (χ1n) is 5.25. The molecule has 0 atom stereocenters. The van der Waals surface area contributed by atoms with Crippen LogP contribution in [0.4, 0.5) is 5.69 Å². The minimum atomic E-state index is 0.460. The maximum absolute atomic E-state index is 5.50. The second-order valence-corrected chi connectivity index (χ2v) is 3.42. The molecule has 0 aromatic heterocycles. The van der Waals surface area contributed by atoms with Gasteiger partial charge in [-0.1, -0.05) is 12.1 Å². The molecule has 1 saturated heterocycles. The summed E-state index contributed by atoms with van der Waals surface area (Å²) in [5.74, 6) is 0.911. The standard InChI is InChI=1S/C12H16NO2/c1-2-15-12-6-4-3-5-11(12)13-7-9-14-10-8-13/h3-6H,1-2,7-10H2. The third-order valence-corrected chi connectivity index (χ3v) is 2.47. The molecule has 0 N–H and O–H groups in total. The lowest BCUT2D eigenvalue weighted by atomic mass is 10.2. The minimum Gasteiger partial charge on any atom is -0.491 e. The van der Waals surface area contributed by atoms with E-state index in [2.05, 4.69) is 17.9 Å². The molecule has 15 heavy (non-hydrogen) atoms. The number of hydrogen-bond acceptors (Lipinski definition) is 3. The maximum atomic E-state index is 5.50. The largest absolute Gasteiger partial charge is 0.491 e. The van der Waals surface area contributed by atoms with Crippen molar-refractivity contribution in [3.05, 3.63) is 31.2 Å². The molecule has 3 nitrogen and oxygen atoms in total. The third-order valence-electron chi connectivity index (χ3n) is 2.47. The lowest BCUT2D eigenvalue weighted by molar-refractivity contribution is 0.122. The minimum absolute atomic E-state index is 0.460. The van der Waals surface area contributed by atoms with Crippen LogP contribution in [0.3, 0.4) is 0 Å². The van der Waals surface area contributed by atoms with Crippen molar-refractivity contribution in [2.75, 3.05) is 37.8 Å². The second-order valence-electron chi connectivity index (χ2n) is 3.42. The molecule has 0 saturated carbocycles. The molecule has 1 heterocycles. The summed E-state index contributed by atoms with van der Waals surface area (Å²) >= 11 is 0. The van der Waals surface area contributed by atoms with E-state index in [9.17, 15) is 0 Å². The van der Waals surface area contributed by atoms with Gasteiger partial charge in [0, 0.05) is 13.1 Å². The van der Waals surface area contributed by atoms with Gasteiger partial charge in [0.15, 0.2) is 0 Å². The van der Waals surface area contributed by atoms with Crippen LogP contribution < -0.4 is 9.64 Å². The fraction of sp³-hybridized carbons (Fsp3) is 0.417. The zero-order valence-electron chi connectivity index (χ0n) is 8.82. The van der Waals surface area contributed by atoms with Crippen LogP contribution >= 0.6 is 0 Å². The van der Waals surface area contributed by atoms with E-state index < -0.39 is 0 Å². The number of ether oxygens (including phenoxy) is 2. The van der Waals surface area contributed by atoms with Gasteiger partial charge in [0.25, 0.3) is 0 Å². The van der Waals surface area contributed by atoms with Crippen LogP contribution in [-0.4, -0.2) is 32.9 Å². The van der Waals surface area contributed by atoms with Crippen LogP contribution in [0, 0.1) is 6.92 Å². The number of benzene rings is 1. The summed E-state index contributed by atoms with van der Waals surface area (Å²) in [5.41, 5.74) is 1.14. The molecule has 1 aromatic rings. The molecule has 1 radical (unpaired) electrons. The Morgan fingerprint density at radius 1 is 1.27 bits per heavy atom. The average Bonchev–Trinajstić information content (AvgIpc) is 2.31. The van der Waals surface area contributed by atoms with Gasteiger partial charge in [0.05, 0.1) is 25.5 Å². The zero-order chi connectivity index (χ0) is 10.5. The van der Waals surface area contributed by atoms with Crippen LogP contribution in [-0.2, 0) is 4.74 Å². The highest BCUT2D eigenvalue weighted by Gasteiger charge is 2.14. The van der Waals surface area contributed by atoms with Gasteiger partial charge in [-0.25, -0.2) is 0 Å². The molecule has 81 valence electrons. The molecule has 1 aliphatic heterocycles. The van der Waals surface area contributed by atoms with Crippen molar-refractivity contribution in [3.8, 4) is 5.75 Å². The fourth-order valence-electron chi connectivity index (χ4n) is 1.75. The molecule has 2 rings (SSSR count). The van der Waals surface area contributed by atoms with E-state index in [1.807, 2.05) is 18.2 Å². The normalized spacial score (nSPS) is 16.5. The van der Waals surface area contributed by atoms with Crippen molar-refractivity contribution in [2.45, 2.75) is 0 Å². The summed E-state index contributed by atoms with van der Waals surface area (Å²) in [5, 5.41) is 0. The van der Waals surface area contributed by atoms with Gasteiger partial charge in [-0.15, -0.1) is 0 Å². The van der Waals surface area contributed by atoms with Crippen molar-refractivity contribution in [1.82, 2.24) is 0 Å². The topological polar surface area (TPSA) is 21.7 Å². The number of nitrogens with zero attached hydrogens (tertiary/aromatic N) is 1. The molecule has 0 bridgehead atoms. The summed E-state index contributed by atoms with van der Waals surface area (Å²) < 4.78 is 10.8. The fourth-order valence-corrected chi connectivity index (χ4v) is 1.75. The summed E-state index contributed by atoms with van der Waals surface area (Å²) in [6.45, 7) is 7.60.